The van der Waals surface area contributed by atoms with E-state index in [1.165, 1.54) is 11.1 Å². The van der Waals surface area contributed by atoms with E-state index < -0.39 is 0 Å². The molecule has 0 spiro atoms. The average molecular weight is 271 g/mol. The van der Waals surface area contributed by atoms with E-state index in [0.717, 1.165) is 31.5 Å². The van der Waals surface area contributed by atoms with E-state index in [1.807, 2.05) is 0 Å². The van der Waals surface area contributed by atoms with Gasteiger partial charge in [0.05, 0.1) is 5.92 Å². The first-order valence-corrected chi connectivity index (χ1v) is 7.42. The summed E-state index contributed by atoms with van der Waals surface area (Å²) in [6, 6.07) is 8.56. The fourth-order valence-electron chi connectivity index (χ4n) is 3.01. The van der Waals surface area contributed by atoms with Crippen molar-refractivity contribution in [3.05, 3.63) is 47.1 Å². The topological polar surface area (TPSA) is 64.9 Å². The first-order valence-electron chi connectivity index (χ1n) is 7.42. The van der Waals surface area contributed by atoms with Crippen molar-refractivity contribution >= 4 is 0 Å². The molecule has 0 amide bonds. The van der Waals surface area contributed by atoms with Crippen LogP contribution >= 0.6 is 0 Å². The normalized spacial score (nSPS) is 16.3. The molecule has 0 fully saturated rings. The summed E-state index contributed by atoms with van der Waals surface area (Å²) in [6.07, 6.45) is 4.10. The van der Waals surface area contributed by atoms with Crippen molar-refractivity contribution < 1.29 is 4.52 Å². The third-order valence-electron chi connectivity index (χ3n) is 4.14. The second kappa shape index (κ2) is 5.75. The minimum atomic E-state index is 0.199. The van der Waals surface area contributed by atoms with Crippen LogP contribution in [0, 0.1) is 0 Å². The van der Waals surface area contributed by atoms with Gasteiger partial charge in [0.2, 0.25) is 5.89 Å². The Kier molecular flexibility index (Phi) is 3.83. The van der Waals surface area contributed by atoms with E-state index in [9.17, 15) is 0 Å². The molecule has 106 valence electrons. The fourth-order valence-corrected chi connectivity index (χ4v) is 3.01. The first-order chi connectivity index (χ1) is 9.81. The van der Waals surface area contributed by atoms with Crippen molar-refractivity contribution in [2.75, 3.05) is 6.54 Å². The zero-order chi connectivity index (χ0) is 13.9. The van der Waals surface area contributed by atoms with Gasteiger partial charge >= 0.3 is 0 Å². The van der Waals surface area contributed by atoms with Crippen LogP contribution in [0.4, 0.5) is 0 Å². The highest BCUT2D eigenvalue weighted by Crippen LogP contribution is 2.33. The predicted octanol–water partition coefficient (Wildman–Crippen LogP) is 2.79. The lowest BCUT2D eigenvalue weighted by molar-refractivity contribution is 0.341. The average Bonchev–Trinajstić information content (AvgIpc) is 3.10. The zero-order valence-corrected chi connectivity index (χ0v) is 11.9. The monoisotopic (exact) mass is 271 g/mol. The lowest BCUT2D eigenvalue weighted by Crippen LogP contribution is -2.13. The maximum Gasteiger partial charge on any atom is 0.231 e. The molecule has 0 saturated carbocycles. The Balaban J connectivity index is 1.75. The molecule has 0 bridgehead atoms. The van der Waals surface area contributed by atoms with Gasteiger partial charge in [0, 0.05) is 12.5 Å². The summed E-state index contributed by atoms with van der Waals surface area (Å²) in [5.74, 6) is 2.10. The van der Waals surface area contributed by atoms with Crippen molar-refractivity contribution in [1.29, 1.82) is 0 Å². The van der Waals surface area contributed by atoms with Gasteiger partial charge in [0.25, 0.3) is 0 Å². The van der Waals surface area contributed by atoms with Gasteiger partial charge < -0.3 is 10.3 Å². The Morgan fingerprint density at radius 3 is 2.60 bits per heavy atom. The van der Waals surface area contributed by atoms with E-state index in [4.69, 9.17) is 10.3 Å². The van der Waals surface area contributed by atoms with Crippen LogP contribution in [0.1, 0.15) is 54.4 Å². The molecule has 0 saturated heterocycles. The molecule has 1 atom stereocenters. The lowest BCUT2D eigenvalue weighted by Gasteiger charge is -2.07. The van der Waals surface area contributed by atoms with E-state index in [0.29, 0.717) is 18.4 Å². The Labute approximate surface area is 119 Å². The van der Waals surface area contributed by atoms with Gasteiger partial charge in [-0.15, -0.1) is 0 Å². The zero-order valence-electron chi connectivity index (χ0n) is 11.9. The highest BCUT2D eigenvalue weighted by molar-refractivity contribution is 5.34. The molecule has 2 N–H and O–H groups in total. The Bertz CT molecular complexity index is 554. The smallest absolute Gasteiger partial charge is 0.231 e. The maximum atomic E-state index is 5.79. The summed E-state index contributed by atoms with van der Waals surface area (Å²) in [7, 11) is 0. The number of aromatic nitrogens is 2. The Morgan fingerprint density at radius 1 is 1.30 bits per heavy atom. The van der Waals surface area contributed by atoms with Crippen molar-refractivity contribution in [3.63, 3.8) is 0 Å². The van der Waals surface area contributed by atoms with Crippen molar-refractivity contribution in [3.8, 4) is 0 Å². The summed E-state index contributed by atoms with van der Waals surface area (Å²) in [5.41, 5.74) is 8.61. The summed E-state index contributed by atoms with van der Waals surface area (Å²) in [6.45, 7) is 2.72. The summed E-state index contributed by atoms with van der Waals surface area (Å²) in [4.78, 5) is 4.61. The number of rotatable bonds is 5. The van der Waals surface area contributed by atoms with E-state index in [2.05, 4.69) is 41.3 Å². The quantitative estimate of drug-likeness (QED) is 0.908. The molecular formula is C16H21N3O. The third-order valence-corrected chi connectivity index (χ3v) is 4.14. The van der Waals surface area contributed by atoms with Crippen LogP contribution in [0.5, 0.6) is 0 Å². The van der Waals surface area contributed by atoms with E-state index >= 15 is 0 Å². The van der Waals surface area contributed by atoms with Gasteiger partial charge in [-0.1, -0.05) is 42.8 Å². The standard InChI is InChI=1S/C16H21N3O/c1-2-5-13(10-17)16-18-15(19-20-16)14-8-11-6-3-4-7-12(11)9-14/h3-4,6-7,13-14H,2,5,8-10,17H2,1H3. The summed E-state index contributed by atoms with van der Waals surface area (Å²) < 4.78 is 5.44. The van der Waals surface area contributed by atoms with Crippen LogP contribution in [0.3, 0.4) is 0 Å². The molecule has 1 aliphatic rings. The molecule has 3 rings (SSSR count). The van der Waals surface area contributed by atoms with Gasteiger partial charge in [-0.3, -0.25) is 0 Å². The number of nitrogens with zero attached hydrogens (tertiary/aromatic N) is 2. The lowest BCUT2D eigenvalue weighted by atomic mass is 10.0. The Hall–Kier alpha value is -1.68. The second-order valence-corrected chi connectivity index (χ2v) is 5.59. The molecule has 1 unspecified atom stereocenters. The minimum absolute atomic E-state index is 0.199. The van der Waals surface area contributed by atoms with Crippen LogP contribution in [0.15, 0.2) is 28.8 Å². The van der Waals surface area contributed by atoms with Gasteiger partial charge in [0.1, 0.15) is 0 Å². The van der Waals surface area contributed by atoms with Gasteiger partial charge in [0.15, 0.2) is 5.82 Å². The molecule has 0 radical (unpaired) electrons. The number of hydrogen-bond donors (Lipinski definition) is 1. The van der Waals surface area contributed by atoms with Crippen LogP contribution in [0.25, 0.3) is 0 Å². The van der Waals surface area contributed by atoms with Crippen molar-refractivity contribution in [2.45, 2.75) is 44.4 Å². The van der Waals surface area contributed by atoms with Crippen LogP contribution in [0.2, 0.25) is 0 Å². The van der Waals surface area contributed by atoms with Gasteiger partial charge in [-0.2, -0.15) is 4.98 Å². The molecule has 0 aliphatic heterocycles. The third kappa shape index (κ3) is 2.48. The molecular weight excluding hydrogens is 250 g/mol. The van der Waals surface area contributed by atoms with E-state index in [-0.39, 0.29) is 5.92 Å². The van der Waals surface area contributed by atoms with Crippen LogP contribution in [-0.2, 0) is 12.8 Å². The largest absolute Gasteiger partial charge is 0.339 e. The molecule has 1 aromatic heterocycles. The molecule has 1 aromatic carbocycles. The number of benzene rings is 1. The molecule has 4 nitrogen and oxygen atoms in total. The highest BCUT2D eigenvalue weighted by Gasteiger charge is 2.27. The second-order valence-electron chi connectivity index (χ2n) is 5.59. The maximum absolute atomic E-state index is 5.79. The molecule has 2 aromatic rings. The Morgan fingerprint density at radius 2 is 2.00 bits per heavy atom. The number of fused-ring (bicyclic) bond motifs is 1. The van der Waals surface area contributed by atoms with Gasteiger partial charge in [-0.25, -0.2) is 0 Å². The fraction of sp³-hybridized carbons (Fsp3) is 0.500. The van der Waals surface area contributed by atoms with E-state index in [1.54, 1.807) is 0 Å². The summed E-state index contributed by atoms with van der Waals surface area (Å²) >= 11 is 0. The predicted molar refractivity (Wildman–Crippen MR) is 77.6 cm³/mol. The SMILES string of the molecule is CCCC(CN)c1nc(C2Cc3ccccc3C2)no1. The first kappa shape index (κ1) is 13.3. The molecule has 1 heterocycles. The van der Waals surface area contributed by atoms with Crippen molar-refractivity contribution in [1.82, 2.24) is 10.1 Å². The number of nitrogens with two attached hydrogens (primary N) is 1. The molecule has 20 heavy (non-hydrogen) atoms. The minimum Gasteiger partial charge on any atom is -0.339 e. The highest BCUT2D eigenvalue weighted by atomic mass is 16.5. The summed E-state index contributed by atoms with van der Waals surface area (Å²) in [5, 5.41) is 4.19. The van der Waals surface area contributed by atoms with Crippen LogP contribution < -0.4 is 5.73 Å². The van der Waals surface area contributed by atoms with Gasteiger partial charge in [-0.05, 0) is 30.4 Å². The van der Waals surface area contributed by atoms with Crippen LogP contribution in [-0.4, -0.2) is 16.7 Å². The number of hydrogen-bond acceptors (Lipinski definition) is 4. The molecule has 4 heteroatoms. The molecule has 1 aliphatic carbocycles. The van der Waals surface area contributed by atoms with Crippen molar-refractivity contribution in [2.24, 2.45) is 5.73 Å².